The number of nitrogens with zero attached hydrogens (tertiary/aromatic N) is 6. The van der Waals surface area contributed by atoms with Crippen LogP contribution >= 0.6 is 0 Å². The van der Waals surface area contributed by atoms with Gasteiger partial charge in [-0.3, -0.25) is 23.9 Å². The number of ether oxygens (including phenoxy) is 1. The van der Waals surface area contributed by atoms with E-state index in [0.717, 1.165) is 33.1 Å². The minimum absolute atomic E-state index is 0.163. The maximum absolute atomic E-state index is 12.9. The van der Waals surface area contributed by atoms with Gasteiger partial charge >= 0.3 is 5.69 Å². The monoisotopic (exact) mass is 375 g/mol. The molecule has 28 heavy (non-hydrogen) atoms. The number of aromatic amines is 1. The number of fused-ring (bicyclic) bond motifs is 3. The van der Waals surface area contributed by atoms with Gasteiger partial charge in [0.05, 0.1) is 47.9 Å². The molecule has 5 aromatic rings. The molecule has 1 N–H and O–H groups in total. The molecule has 0 fully saturated rings. The molecule has 0 radical (unpaired) electrons. The highest BCUT2D eigenvalue weighted by molar-refractivity contribution is 6.05. The number of methoxy groups -OCH3 is 1. The molecule has 0 saturated heterocycles. The van der Waals surface area contributed by atoms with Crippen molar-refractivity contribution in [3.05, 3.63) is 53.6 Å². The second-order valence-electron chi connectivity index (χ2n) is 6.60. The minimum Gasteiger partial charge on any atom is -0.496 e. The number of aromatic nitrogens is 7. The fourth-order valence-electron chi connectivity index (χ4n) is 3.59. The van der Waals surface area contributed by atoms with Gasteiger partial charge in [0.25, 0.3) is 0 Å². The number of aryl methyl sites for hydroxylation is 2. The highest BCUT2D eigenvalue weighted by atomic mass is 16.5. The lowest BCUT2D eigenvalue weighted by atomic mass is 10.0. The molecule has 0 atom stereocenters. The van der Waals surface area contributed by atoms with E-state index in [-0.39, 0.29) is 5.69 Å². The van der Waals surface area contributed by atoms with Crippen molar-refractivity contribution in [2.45, 2.75) is 0 Å². The molecule has 5 rings (SSSR count). The fourth-order valence-corrected chi connectivity index (χ4v) is 3.59. The van der Waals surface area contributed by atoms with Crippen LogP contribution in [-0.4, -0.2) is 41.2 Å². The molecule has 0 amide bonds. The summed E-state index contributed by atoms with van der Waals surface area (Å²) in [7, 11) is 5.23. The average molecular weight is 375 g/mol. The fraction of sp³-hybridized carbons (Fsp3) is 0.158. The van der Waals surface area contributed by atoms with Crippen LogP contribution in [0.3, 0.4) is 0 Å². The van der Waals surface area contributed by atoms with Crippen LogP contribution in [0.25, 0.3) is 38.8 Å². The van der Waals surface area contributed by atoms with Crippen LogP contribution in [0.5, 0.6) is 5.75 Å². The number of nitrogens with one attached hydrogen (secondary N) is 1. The second kappa shape index (κ2) is 5.81. The van der Waals surface area contributed by atoms with Crippen molar-refractivity contribution < 1.29 is 4.74 Å². The summed E-state index contributed by atoms with van der Waals surface area (Å²) in [5.41, 5.74) is 4.55. The number of benzene rings is 1. The van der Waals surface area contributed by atoms with Gasteiger partial charge in [0.15, 0.2) is 0 Å². The van der Waals surface area contributed by atoms with Gasteiger partial charge in [-0.15, -0.1) is 0 Å². The first-order valence-electron chi connectivity index (χ1n) is 8.65. The Kier molecular flexibility index (Phi) is 3.38. The van der Waals surface area contributed by atoms with E-state index in [2.05, 4.69) is 20.3 Å². The van der Waals surface area contributed by atoms with Gasteiger partial charge < -0.3 is 4.74 Å². The largest absolute Gasteiger partial charge is 0.496 e. The molecule has 0 spiro atoms. The Hall–Kier alpha value is -3.88. The summed E-state index contributed by atoms with van der Waals surface area (Å²) < 4.78 is 10.6. The van der Waals surface area contributed by atoms with E-state index in [1.54, 1.807) is 52.8 Å². The van der Waals surface area contributed by atoms with Crippen LogP contribution in [0.15, 0.2) is 47.9 Å². The maximum Gasteiger partial charge on any atom is 0.333 e. The van der Waals surface area contributed by atoms with E-state index in [1.807, 2.05) is 25.4 Å². The Labute approximate surface area is 158 Å². The van der Waals surface area contributed by atoms with E-state index in [1.165, 1.54) is 0 Å². The Morgan fingerprint density at radius 1 is 1.14 bits per heavy atom. The summed E-state index contributed by atoms with van der Waals surface area (Å²) in [5.74, 6) is 0.695. The molecular weight excluding hydrogens is 358 g/mol. The number of H-pyrrole nitrogens is 1. The molecule has 4 heterocycles. The number of imidazole rings is 1. The summed E-state index contributed by atoms with van der Waals surface area (Å²) in [6.07, 6.45) is 8.73. The second-order valence-corrected chi connectivity index (χ2v) is 6.60. The van der Waals surface area contributed by atoms with E-state index in [0.29, 0.717) is 11.4 Å². The van der Waals surface area contributed by atoms with Crippen molar-refractivity contribution in [3.63, 3.8) is 0 Å². The zero-order valence-electron chi connectivity index (χ0n) is 15.5. The summed E-state index contributed by atoms with van der Waals surface area (Å²) in [6, 6.07) is 3.88. The van der Waals surface area contributed by atoms with Crippen LogP contribution in [0.2, 0.25) is 0 Å². The summed E-state index contributed by atoms with van der Waals surface area (Å²) in [4.78, 5) is 17.5. The van der Waals surface area contributed by atoms with Gasteiger partial charge in [0.2, 0.25) is 0 Å². The quantitative estimate of drug-likeness (QED) is 0.520. The van der Waals surface area contributed by atoms with Crippen molar-refractivity contribution in [1.29, 1.82) is 0 Å². The molecule has 0 saturated carbocycles. The Bertz CT molecular complexity index is 1390. The number of hydrogen-bond acceptors (Lipinski definition) is 5. The minimum atomic E-state index is -0.163. The van der Waals surface area contributed by atoms with Gasteiger partial charge in [0, 0.05) is 49.1 Å². The van der Waals surface area contributed by atoms with Crippen LogP contribution in [-0.2, 0) is 14.1 Å². The molecule has 0 aliphatic heterocycles. The van der Waals surface area contributed by atoms with E-state index in [4.69, 9.17) is 4.74 Å². The Balaban J connectivity index is 1.94. The van der Waals surface area contributed by atoms with Crippen molar-refractivity contribution in [2.75, 3.05) is 7.11 Å². The predicted molar refractivity (Wildman–Crippen MR) is 105 cm³/mol. The topological polar surface area (TPSA) is 95.6 Å². The molecule has 0 unspecified atom stereocenters. The molecule has 0 bridgehead atoms. The molecule has 4 aromatic heterocycles. The van der Waals surface area contributed by atoms with Gasteiger partial charge in [-0.05, 0) is 6.07 Å². The third kappa shape index (κ3) is 2.19. The normalized spacial score (nSPS) is 11.5. The summed E-state index contributed by atoms with van der Waals surface area (Å²) in [6.45, 7) is 0. The van der Waals surface area contributed by atoms with Crippen LogP contribution in [0.4, 0.5) is 0 Å². The smallest absolute Gasteiger partial charge is 0.333 e. The highest BCUT2D eigenvalue weighted by Gasteiger charge is 2.19. The first-order valence-corrected chi connectivity index (χ1v) is 8.65. The van der Waals surface area contributed by atoms with Gasteiger partial charge in [-0.2, -0.15) is 10.2 Å². The number of rotatable bonds is 3. The lowest BCUT2D eigenvalue weighted by Crippen LogP contribution is -2.20. The van der Waals surface area contributed by atoms with E-state index in [9.17, 15) is 4.79 Å². The van der Waals surface area contributed by atoms with Crippen LogP contribution < -0.4 is 10.4 Å². The lowest BCUT2D eigenvalue weighted by Gasteiger charge is -2.10. The number of pyridine rings is 1. The zero-order valence-corrected chi connectivity index (χ0v) is 15.5. The van der Waals surface area contributed by atoms with E-state index >= 15 is 0 Å². The molecule has 140 valence electrons. The highest BCUT2D eigenvalue weighted by Crippen LogP contribution is 2.36. The molecule has 1 aromatic carbocycles. The van der Waals surface area contributed by atoms with Gasteiger partial charge in [-0.25, -0.2) is 4.79 Å². The summed E-state index contributed by atoms with van der Waals surface area (Å²) in [5, 5.41) is 11.9. The van der Waals surface area contributed by atoms with Crippen molar-refractivity contribution in [1.82, 2.24) is 34.1 Å². The molecule has 0 aliphatic carbocycles. The van der Waals surface area contributed by atoms with Crippen molar-refractivity contribution >= 4 is 21.9 Å². The van der Waals surface area contributed by atoms with Crippen LogP contribution in [0, 0.1) is 0 Å². The van der Waals surface area contributed by atoms with Crippen molar-refractivity contribution in [3.8, 4) is 22.6 Å². The molecular formula is C19H17N7O2. The zero-order chi connectivity index (χ0) is 19.4. The first kappa shape index (κ1) is 16.3. The van der Waals surface area contributed by atoms with Gasteiger partial charge in [-0.1, -0.05) is 0 Å². The van der Waals surface area contributed by atoms with Gasteiger partial charge in [0.1, 0.15) is 5.75 Å². The third-order valence-electron chi connectivity index (χ3n) is 4.96. The van der Waals surface area contributed by atoms with E-state index < -0.39 is 0 Å². The van der Waals surface area contributed by atoms with Crippen molar-refractivity contribution in [2.24, 2.45) is 14.1 Å². The third-order valence-corrected chi connectivity index (χ3v) is 4.96. The number of hydrogen-bond donors (Lipinski definition) is 1. The predicted octanol–water partition coefficient (Wildman–Crippen LogP) is 2.01. The van der Waals surface area contributed by atoms with Crippen LogP contribution in [0.1, 0.15) is 0 Å². The standard InChI is InChI=1S/C19H17N7O2/c1-24-10-11(6-23-24)13-4-14-15(5-17(13)28-3)20-9-16-18(14)26(19(27)25(16)2)12-7-21-22-8-12/h4-10H,1-3H3,(H,21,22). The molecule has 9 nitrogen and oxygen atoms in total. The SMILES string of the molecule is COc1cc2ncc3c(c2cc1-c1cnn(C)c1)n(-c1cn[nH]c1)c(=O)n3C. The maximum atomic E-state index is 12.9. The lowest BCUT2D eigenvalue weighted by molar-refractivity contribution is 0.417. The Morgan fingerprint density at radius 2 is 2.00 bits per heavy atom. The first-order chi connectivity index (χ1) is 13.6. The molecule has 9 heteroatoms. The molecule has 0 aliphatic rings. The average Bonchev–Trinajstić information content (AvgIpc) is 3.42. The Morgan fingerprint density at radius 3 is 2.68 bits per heavy atom. The summed E-state index contributed by atoms with van der Waals surface area (Å²) >= 11 is 0.